The lowest BCUT2D eigenvalue weighted by Crippen LogP contribution is -2.40. The van der Waals surface area contributed by atoms with Crippen LogP contribution in [0.3, 0.4) is 0 Å². The topological polar surface area (TPSA) is 28.2 Å². The SMILES string of the molecule is CCCNCC1CCCN(c2ccc(Cl)cn2)C1. The van der Waals surface area contributed by atoms with E-state index in [0.717, 1.165) is 37.9 Å². The van der Waals surface area contributed by atoms with Gasteiger partial charge < -0.3 is 10.2 Å². The van der Waals surface area contributed by atoms with E-state index in [1.807, 2.05) is 12.1 Å². The molecule has 1 atom stereocenters. The van der Waals surface area contributed by atoms with Crippen LogP contribution in [-0.4, -0.2) is 31.2 Å². The molecule has 2 rings (SSSR count). The van der Waals surface area contributed by atoms with E-state index in [9.17, 15) is 0 Å². The number of nitrogens with one attached hydrogen (secondary N) is 1. The van der Waals surface area contributed by atoms with Crippen molar-refractivity contribution in [1.29, 1.82) is 0 Å². The molecule has 1 fully saturated rings. The van der Waals surface area contributed by atoms with Crippen LogP contribution in [0.2, 0.25) is 5.02 Å². The summed E-state index contributed by atoms with van der Waals surface area (Å²) in [6, 6.07) is 3.94. The molecule has 100 valence electrons. The molecule has 3 nitrogen and oxygen atoms in total. The highest BCUT2D eigenvalue weighted by Gasteiger charge is 2.20. The van der Waals surface area contributed by atoms with Crippen LogP contribution in [0.1, 0.15) is 26.2 Å². The Morgan fingerprint density at radius 2 is 2.39 bits per heavy atom. The third-order valence-electron chi connectivity index (χ3n) is 3.41. The lowest BCUT2D eigenvalue weighted by Gasteiger charge is -2.33. The van der Waals surface area contributed by atoms with Gasteiger partial charge in [-0.3, -0.25) is 0 Å². The van der Waals surface area contributed by atoms with E-state index >= 15 is 0 Å². The quantitative estimate of drug-likeness (QED) is 0.832. The fraction of sp³-hybridized carbons (Fsp3) is 0.643. The molecule has 4 heteroatoms. The minimum atomic E-state index is 0.705. The zero-order chi connectivity index (χ0) is 12.8. The Morgan fingerprint density at radius 3 is 3.11 bits per heavy atom. The Morgan fingerprint density at radius 1 is 1.50 bits per heavy atom. The summed E-state index contributed by atoms with van der Waals surface area (Å²) < 4.78 is 0. The van der Waals surface area contributed by atoms with Crippen LogP contribution in [-0.2, 0) is 0 Å². The Kier molecular flexibility index (Phi) is 5.26. The first-order chi connectivity index (χ1) is 8.79. The van der Waals surface area contributed by atoms with Gasteiger partial charge in [0.15, 0.2) is 0 Å². The van der Waals surface area contributed by atoms with Crippen molar-refractivity contribution in [1.82, 2.24) is 10.3 Å². The standard InChI is InChI=1S/C14H22ClN3/c1-2-7-16-9-12-4-3-8-18(11-12)14-6-5-13(15)10-17-14/h5-6,10,12,16H,2-4,7-9,11H2,1H3. The molecule has 1 N–H and O–H groups in total. The first-order valence-electron chi connectivity index (χ1n) is 6.87. The smallest absolute Gasteiger partial charge is 0.128 e. The molecular weight excluding hydrogens is 246 g/mol. The molecule has 18 heavy (non-hydrogen) atoms. The zero-order valence-electron chi connectivity index (χ0n) is 11.0. The van der Waals surface area contributed by atoms with E-state index in [0.29, 0.717) is 5.02 Å². The van der Waals surface area contributed by atoms with E-state index in [1.165, 1.54) is 19.3 Å². The van der Waals surface area contributed by atoms with Crippen LogP contribution < -0.4 is 10.2 Å². The zero-order valence-corrected chi connectivity index (χ0v) is 11.8. The molecule has 1 aliphatic heterocycles. The molecule has 2 heterocycles. The molecule has 0 radical (unpaired) electrons. The number of hydrogen-bond donors (Lipinski definition) is 1. The van der Waals surface area contributed by atoms with Gasteiger partial charge in [-0.25, -0.2) is 4.98 Å². The van der Waals surface area contributed by atoms with E-state index in [2.05, 4.69) is 22.1 Å². The van der Waals surface area contributed by atoms with Crippen molar-refractivity contribution in [3.05, 3.63) is 23.4 Å². The van der Waals surface area contributed by atoms with Gasteiger partial charge in [-0.2, -0.15) is 0 Å². The Bertz CT molecular complexity index is 353. The average molecular weight is 268 g/mol. The maximum Gasteiger partial charge on any atom is 0.128 e. The summed E-state index contributed by atoms with van der Waals surface area (Å²) in [7, 11) is 0. The minimum Gasteiger partial charge on any atom is -0.356 e. The summed E-state index contributed by atoms with van der Waals surface area (Å²) in [6.45, 7) is 6.66. The van der Waals surface area contributed by atoms with Crippen molar-refractivity contribution in [2.75, 3.05) is 31.1 Å². The second kappa shape index (κ2) is 6.95. The molecule has 0 saturated carbocycles. The summed E-state index contributed by atoms with van der Waals surface area (Å²) >= 11 is 5.87. The van der Waals surface area contributed by atoms with E-state index < -0.39 is 0 Å². The Hall–Kier alpha value is -0.800. The van der Waals surface area contributed by atoms with Crippen LogP contribution in [0.4, 0.5) is 5.82 Å². The number of pyridine rings is 1. The average Bonchev–Trinajstić information content (AvgIpc) is 2.40. The normalized spacial score (nSPS) is 20.1. The van der Waals surface area contributed by atoms with Gasteiger partial charge in [-0.1, -0.05) is 18.5 Å². The first kappa shape index (κ1) is 13.6. The second-order valence-electron chi connectivity index (χ2n) is 4.99. The monoisotopic (exact) mass is 267 g/mol. The van der Waals surface area contributed by atoms with Crippen LogP contribution in [0, 0.1) is 5.92 Å². The molecule has 0 bridgehead atoms. The van der Waals surface area contributed by atoms with Gasteiger partial charge in [0.1, 0.15) is 5.82 Å². The molecule has 0 spiro atoms. The van der Waals surface area contributed by atoms with E-state index in [4.69, 9.17) is 11.6 Å². The Labute approximate surface area is 115 Å². The van der Waals surface area contributed by atoms with Crippen LogP contribution in [0.15, 0.2) is 18.3 Å². The summed E-state index contributed by atoms with van der Waals surface area (Å²) in [4.78, 5) is 6.78. The predicted octanol–water partition coefficient (Wildman–Crippen LogP) is 2.95. The van der Waals surface area contributed by atoms with Gasteiger partial charge in [-0.15, -0.1) is 0 Å². The molecular formula is C14H22ClN3. The van der Waals surface area contributed by atoms with Gasteiger partial charge in [0.2, 0.25) is 0 Å². The van der Waals surface area contributed by atoms with E-state index in [-0.39, 0.29) is 0 Å². The van der Waals surface area contributed by atoms with Crippen molar-refractivity contribution < 1.29 is 0 Å². The van der Waals surface area contributed by atoms with Crippen LogP contribution in [0.5, 0.6) is 0 Å². The maximum absolute atomic E-state index is 5.87. The molecule has 1 aromatic rings. The highest BCUT2D eigenvalue weighted by Crippen LogP contribution is 2.22. The van der Waals surface area contributed by atoms with Crippen LogP contribution in [0.25, 0.3) is 0 Å². The molecule has 1 unspecified atom stereocenters. The van der Waals surface area contributed by atoms with E-state index in [1.54, 1.807) is 6.20 Å². The minimum absolute atomic E-state index is 0.705. The van der Waals surface area contributed by atoms with Crippen molar-refractivity contribution >= 4 is 17.4 Å². The molecule has 0 aromatic carbocycles. The number of nitrogens with zero attached hydrogens (tertiary/aromatic N) is 2. The van der Waals surface area contributed by atoms with Crippen molar-refractivity contribution in [2.45, 2.75) is 26.2 Å². The number of hydrogen-bond acceptors (Lipinski definition) is 3. The first-order valence-corrected chi connectivity index (χ1v) is 7.24. The van der Waals surface area contributed by atoms with Crippen molar-refractivity contribution in [3.63, 3.8) is 0 Å². The highest BCUT2D eigenvalue weighted by atomic mass is 35.5. The maximum atomic E-state index is 5.87. The fourth-order valence-electron chi connectivity index (χ4n) is 2.48. The molecule has 1 aromatic heterocycles. The summed E-state index contributed by atoms with van der Waals surface area (Å²) in [5.74, 6) is 1.79. The summed E-state index contributed by atoms with van der Waals surface area (Å²) in [5.41, 5.74) is 0. The number of piperidine rings is 1. The predicted molar refractivity (Wildman–Crippen MR) is 77.3 cm³/mol. The number of halogens is 1. The van der Waals surface area contributed by atoms with Gasteiger partial charge >= 0.3 is 0 Å². The van der Waals surface area contributed by atoms with Crippen LogP contribution >= 0.6 is 11.6 Å². The third kappa shape index (κ3) is 3.85. The number of rotatable bonds is 5. The lowest BCUT2D eigenvalue weighted by atomic mass is 9.98. The second-order valence-corrected chi connectivity index (χ2v) is 5.43. The Balaban J connectivity index is 1.88. The van der Waals surface area contributed by atoms with Crippen molar-refractivity contribution in [2.24, 2.45) is 5.92 Å². The van der Waals surface area contributed by atoms with Gasteiger partial charge in [0.25, 0.3) is 0 Å². The molecule has 0 aliphatic carbocycles. The number of aromatic nitrogens is 1. The highest BCUT2D eigenvalue weighted by molar-refractivity contribution is 6.30. The third-order valence-corrected chi connectivity index (χ3v) is 3.64. The largest absolute Gasteiger partial charge is 0.356 e. The molecule has 1 saturated heterocycles. The van der Waals surface area contributed by atoms with Gasteiger partial charge in [-0.05, 0) is 50.4 Å². The lowest BCUT2D eigenvalue weighted by molar-refractivity contribution is 0.391. The fourth-order valence-corrected chi connectivity index (χ4v) is 2.59. The molecule has 0 amide bonds. The molecule has 1 aliphatic rings. The van der Waals surface area contributed by atoms with Gasteiger partial charge in [0.05, 0.1) is 5.02 Å². The summed E-state index contributed by atoms with van der Waals surface area (Å²) in [5, 5.41) is 4.22. The summed E-state index contributed by atoms with van der Waals surface area (Å²) in [6.07, 6.45) is 5.51. The number of anilines is 1. The van der Waals surface area contributed by atoms with Gasteiger partial charge in [0, 0.05) is 19.3 Å². The van der Waals surface area contributed by atoms with Crippen molar-refractivity contribution in [3.8, 4) is 0 Å².